The molecule has 1 unspecified atom stereocenters. The van der Waals surface area contributed by atoms with Crippen molar-refractivity contribution in [3.05, 3.63) is 63.6 Å². The molecule has 154 valence electrons. The highest BCUT2D eigenvalue weighted by Crippen LogP contribution is 2.24. The third-order valence-electron chi connectivity index (χ3n) is 4.93. The number of nitrogens with zero attached hydrogens (tertiary/aromatic N) is 1. The number of rotatable bonds is 6. The van der Waals surface area contributed by atoms with E-state index in [1.165, 1.54) is 0 Å². The lowest BCUT2D eigenvalue weighted by Crippen LogP contribution is -2.38. The molecule has 1 aliphatic heterocycles. The van der Waals surface area contributed by atoms with Crippen molar-refractivity contribution in [1.29, 1.82) is 0 Å². The quantitative estimate of drug-likeness (QED) is 0.678. The molecule has 1 atom stereocenters. The number of halogens is 2. The topological polar surface area (TPSA) is 49.4 Å². The van der Waals surface area contributed by atoms with Gasteiger partial charge >= 0.3 is 0 Å². The predicted molar refractivity (Wildman–Crippen MR) is 122 cm³/mol. The summed E-state index contributed by atoms with van der Waals surface area (Å²) in [6.07, 6.45) is 0.924. The van der Waals surface area contributed by atoms with Crippen molar-refractivity contribution in [2.24, 2.45) is 5.92 Å². The van der Waals surface area contributed by atoms with E-state index in [1.54, 1.807) is 12.1 Å². The van der Waals surface area contributed by atoms with Gasteiger partial charge in [-0.25, -0.2) is 0 Å². The molecule has 0 saturated carbocycles. The zero-order valence-corrected chi connectivity index (χ0v) is 18.6. The fourth-order valence-corrected chi connectivity index (χ4v) is 4.57. The highest BCUT2D eigenvalue weighted by Gasteiger charge is 2.18. The molecule has 7 heteroatoms. The number of carbonyl (C=O) groups is 2. The molecule has 1 heterocycles. The molecule has 4 nitrogen and oxygen atoms in total. The minimum atomic E-state index is -0.244. The molecule has 0 radical (unpaired) electrons. The van der Waals surface area contributed by atoms with Crippen LogP contribution in [0.3, 0.4) is 0 Å². The summed E-state index contributed by atoms with van der Waals surface area (Å²) in [6, 6.07) is 12.8. The van der Waals surface area contributed by atoms with Crippen LogP contribution in [-0.2, 0) is 22.4 Å². The Morgan fingerprint density at radius 2 is 1.79 bits per heavy atom. The number of thioether (sulfide) groups is 1. The Kier molecular flexibility index (Phi) is 7.87. The number of hydrogen-bond acceptors (Lipinski definition) is 3. The Balaban J connectivity index is 1.53. The molecule has 1 fully saturated rings. The number of carbonyl (C=O) groups excluding carboxylic acids is 2. The molecule has 0 spiro atoms. The van der Waals surface area contributed by atoms with Crippen LogP contribution in [0.15, 0.2) is 42.5 Å². The minimum Gasteiger partial charge on any atom is -0.341 e. The van der Waals surface area contributed by atoms with Gasteiger partial charge in [-0.3, -0.25) is 9.59 Å². The summed E-state index contributed by atoms with van der Waals surface area (Å²) in [4.78, 5) is 26.8. The zero-order valence-electron chi connectivity index (χ0n) is 16.3. The van der Waals surface area contributed by atoms with Crippen molar-refractivity contribution in [2.45, 2.75) is 19.8 Å². The third-order valence-corrected chi connectivity index (χ3v) is 6.46. The Morgan fingerprint density at radius 3 is 2.45 bits per heavy atom. The van der Waals surface area contributed by atoms with Crippen LogP contribution in [0.2, 0.25) is 10.0 Å². The molecular formula is C22H24Cl2N2O2S. The number of hydrogen-bond donors (Lipinski definition) is 1. The molecule has 1 N–H and O–H groups in total. The van der Waals surface area contributed by atoms with E-state index < -0.39 is 0 Å². The molecule has 0 aliphatic carbocycles. The van der Waals surface area contributed by atoms with Crippen LogP contribution in [0.5, 0.6) is 0 Å². The maximum Gasteiger partial charge on any atom is 0.227 e. The average molecular weight is 451 g/mol. The Morgan fingerprint density at radius 1 is 1.10 bits per heavy atom. The van der Waals surface area contributed by atoms with Gasteiger partial charge in [-0.2, -0.15) is 11.8 Å². The van der Waals surface area contributed by atoms with Crippen LogP contribution >= 0.6 is 35.0 Å². The van der Waals surface area contributed by atoms with E-state index in [1.807, 2.05) is 53.9 Å². The van der Waals surface area contributed by atoms with E-state index in [2.05, 4.69) is 5.32 Å². The van der Waals surface area contributed by atoms with E-state index in [4.69, 9.17) is 23.2 Å². The first-order chi connectivity index (χ1) is 13.9. The van der Waals surface area contributed by atoms with E-state index in [0.29, 0.717) is 22.9 Å². The molecule has 29 heavy (non-hydrogen) atoms. The van der Waals surface area contributed by atoms with E-state index in [0.717, 1.165) is 41.4 Å². The highest BCUT2D eigenvalue weighted by atomic mass is 35.5. The maximum absolute atomic E-state index is 12.5. The van der Waals surface area contributed by atoms with Gasteiger partial charge in [0.25, 0.3) is 0 Å². The SMILES string of the molecule is CC(Cc1ccc(Cl)cc1Cl)C(=O)Nc1ccc(CC(=O)N2CCSCC2)cc1. The van der Waals surface area contributed by atoms with Gasteiger partial charge in [-0.15, -0.1) is 0 Å². The lowest BCUT2D eigenvalue weighted by molar-refractivity contribution is -0.130. The summed E-state index contributed by atoms with van der Waals surface area (Å²) in [5.41, 5.74) is 2.56. The summed E-state index contributed by atoms with van der Waals surface area (Å²) in [7, 11) is 0. The van der Waals surface area contributed by atoms with E-state index in [9.17, 15) is 9.59 Å². The summed E-state index contributed by atoms with van der Waals surface area (Å²) in [5.74, 6) is 1.86. The second kappa shape index (κ2) is 10.4. The van der Waals surface area contributed by atoms with Crippen molar-refractivity contribution < 1.29 is 9.59 Å². The standard InChI is InChI=1S/C22H24Cl2N2O2S/c1-15(12-17-4-5-18(23)14-20(17)24)22(28)25-19-6-2-16(3-7-19)13-21(27)26-8-10-29-11-9-26/h2-7,14-15H,8-13H2,1H3,(H,25,28). The van der Waals surface area contributed by atoms with Gasteiger partial charge in [0, 0.05) is 46.2 Å². The molecule has 3 rings (SSSR count). The first-order valence-corrected chi connectivity index (χ1v) is 11.5. The summed E-state index contributed by atoms with van der Waals surface area (Å²) < 4.78 is 0. The summed E-state index contributed by atoms with van der Waals surface area (Å²) >= 11 is 14.0. The third kappa shape index (κ3) is 6.39. The van der Waals surface area contributed by atoms with E-state index >= 15 is 0 Å². The van der Waals surface area contributed by atoms with Gasteiger partial charge in [-0.1, -0.05) is 48.3 Å². The van der Waals surface area contributed by atoms with Crippen molar-refractivity contribution >= 4 is 52.5 Å². The van der Waals surface area contributed by atoms with Crippen LogP contribution in [0, 0.1) is 5.92 Å². The Labute approximate surface area is 185 Å². The smallest absolute Gasteiger partial charge is 0.227 e. The number of nitrogens with one attached hydrogen (secondary N) is 1. The van der Waals surface area contributed by atoms with Gasteiger partial charge in [0.15, 0.2) is 0 Å². The van der Waals surface area contributed by atoms with Crippen LogP contribution in [0.25, 0.3) is 0 Å². The van der Waals surface area contributed by atoms with Crippen molar-refractivity contribution in [2.75, 3.05) is 29.9 Å². The number of amides is 2. The predicted octanol–water partition coefficient (Wildman–Crippen LogP) is 4.93. The normalized spacial score (nSPS) is 15.1. The molecule has 1 aliphatic rings. The van der Waals surface area contributed by atoms with Gasteiger partial charge in [-0.05, 0) is 41.8 Å². The van der Waals surface area contributed by atoms with Gasteiger partial charge < -0.3 is 10.2 Å². The van der Waals surface area contributed by atoms with Crippen LogP contribution in [-0.4, -0.2) is 41.3 Å². The van der Waals surface area contributed by atoms with Crippen LogP contribution in [0.4, 0.5) is 5.69 Å². The molecular weight excluding hydrogens is 427 g/mol. The van der Waals surface area contributed by atoms with Crippen molar-refractivity contribution in [3.63, 3.8) is 0 Å². The molecule has 0 aromatic heterocycles. The Bertz CT molecular complexity index is 868. The monoisotopic (exact) mass is 450 g/mol. The zero-order chi connectivity index (χ0) is 20.8. The first-order valence-electron chi connectivity index (χ1n) is 9.61. The van der Waals surface area contributed by atoms with Gasteiger partial charge in [0.05, 0.1) is 6.42 Å². The van der Waals surface area contributed by atoms with Crippen molar-refractivity contribution in [3.8, 4) is 0 Å². The van der Waals surface area contributed by atoms with Gasteiger partial charge in [0.1, 0.15) is 0 Å². The lowest BCUT2D eigenvalue weighted by Gasteiger charge is -2.26. The lowest BCUT2D eigenvalue weighted by atomic mass is 10.00. The maximum atomic E-state index is 12.5. The van der Waals surface area contributed by atoms with Crippen molar-refractivity contribution in [1.82, 2.24) is 4.90 Å². The highest BCUT2D eigenvalue weighted by molar-refractivity contribution is 7.99. The summed E-state index contributed by atoms with van der Waals surface area (Å²) in [6.45, 7) is 3.52. The molecule has 1 saturated heterocycles. The van der Waals surface area contributed by atoms with E-state index in [-0.39, 0.29) is 17.7 Å². The Hall–Kier alpha value is -1.69. The van der Waals surface area contributed by atoms with Crippen LogP contribution in [0.1, 0.15) is 18.1 Å². The second-order valence-electron chi connectivity index (χ2n) is 7.20. The molecule has 2 aromatic rings. The fourth-order valence-electron chi connectivity index (χ4n) is 3.18. The molecule has 0 bridgehead atoms. The largest absolute Gasteiger partial charge is 0.341 e. The summed E-state index contributed by atoms with van der Waals surface area (Å²) in [5, 5.41) is 4.08. The minimum absolute atomic E-state index is 0.0781. The average Bonchev–Trinajstić information content (AvgIpc) is 2.72. The molecule has 2 aromatic carbocycles. The van der Waals surface area contributed by atoms with Crippen LogP contribution < -0.4 is 5.32 Å². The molecule has 2 amide bonds. The fraction of sp³-hybridized carbons (Fsp3) is 0.364. The first kappa shape index (κ1) is 22.0. The number of anilines is 1. The second-order valence-corrected chi connectivity index (χ2v) is 9.27. The number of benzene rings is 2. The van der Waals surface area contributed by atoms with Gasteiger partial charge in [0.2, 0.25) is 11.8 Å².